The first kappa shape index (κ1) is 25.2. The number of carbonyl (C=O) groups is 2. The molecule has 5 aromatic rings. The minimum Gasteiger partial charge on any atom is -0.371 e. The molecule has 0 saturated carbocycles. The van der Waals surface area contributed by atoms with E-state index in [9.17, 15) is 14.0 Å². The van der Waals surface area contributed by atoms with Gasteiger partial charge in [-0.1, -0.05) is 0 Å². The number of nitrogens with one attached hydrogen (secondary N) is 2. The van der Waals surface area contributed by atoms with Gasteiger partial charge in [0.15, 0.2) is 0 Å². The van der Waals surface area contributed by atoms with Gasteiger partial charge in [-0.05, 0) is 91.7 Å². The van der Waals surface area contributed by atoms with Crippen molar-refractivity contribution in [3.8, 4) is 5.69 Å². The van der Waals surface area contributed by atoms with Crippen LogP contribution < -0.4 is 15.5 Å². The molecule has 0 bridgehead atoms. The minimum atomic E-state index is -0.719. The average Bonchev–Trinajstić information content (AvgIpc) is 3.42. The van der Waals surface area contributed by atoms with E-state index in [2.05, 4.69) is 25.6 Å². The van der Waals surface area contributed by atoms with Crippen LogP contribution in [0.5, 0.6) is 0 Å². The average molecular weight is 535 g/mol. The molecule has 1 aliphatic heterocycles. The van der Waals surface area contributed by atoms with E-state index in [-0.39, 0.29) is 11.8 Å². The molecule has 40 heavy (non-hydrogen) atoms. The number of nitrogens with zero attached hydrogens (tertiary/aromatic N) is 4. The molecule has 0 radical (unpaired) electrons. The Morgan fingerprint density at radius 2 is 1.35 bits per heavy atom. The molecule has 2 aromatic heterocycles. The van der Waals surface area contributed by atoms with Crippen LogP contribution in [0.1, 0.15) is 33.6 Å². The summed E-state index contributed by atoms with van der Waals surface area (Å²) in [4.78, 5) is 31.4. The summed E-state index contributed by atoms with van der Waals surface area (Å²) in [6, 6.07) is 23.8. The van der Waals surface area contributed by atoms with Crippen LogP contribution in [0.15, 0.2) is 97.5 Å². The molecular weight excluding hydrogens is 507 g/mol. The van der Waals surface area contributed by atoms with Gasteiger partial charge in [0, 0.05) is 59.1 Å². The summed E-state index contributed by atoms with van der Waals surface area (Å²) in [5, 5.41) is 11.2. The van der Waals surface area contributed by atoms with Gasteiger partial charge in [-0.15, -0.1) is 0 Å². The summed E-state index contributed by atoms with van der Waals surface area (Å²) in [6.45, 7) is 1.38. The van der Waals surface area contributed by atoms with Crippen molar-refractivity contribution in [2.45, 2.75) is 19.0 Å². The molecule has 200 valence electrons. The highest BCUT2D eigenvalue weighted by Gasteiger charge is 2.19. The molecule has 8 nitrogen and oxygen atoms in total. The number of anilines is 3. The molecule has 9 heteroatoms. The van der Waals surface area contributed by atoms with Crippen LogP contribution in [0.2, 0.25) is 0 Å². The van der Waals surface area contributed by atoms with E-state index >= 15 is 0 Å². The zero-order valence-corrected chi connectivity index (χ0v) is 21.6. The number of alkyl halides is 1. The zero-order chi connectivity index (χ0) is 27.5. The zero-order valence-electron chi connectivity index (χ0n) is 21.6. The summed E-state index contributed by atoms with van der Waals surface area (Å²) < 4.78 is 15.2. The molecule has 0 atom stereocenters. The smallest absolute Gasteiger partial charge is 0.255 e. The topological polar surface area (TPSA) is 92.2 Å². The van der Waals surface area contributed by atoms with Crippen molar-refractivity contribution in [1.29, 1.82) is 0 Å². The van der Waals surface area contributed by atoms with Gasteiger partial charge in [0.2, 0.25) is 0 Å². The fraction of sp³-hybridized carbons (Fsp3) is 0.161. The highest BCUT2D eigenvalue weighted by Crippen LogP contribution is 2.25. The van der Waals surface area contributed by atoms with Gasteiger partial charge in [-0.2, -0.15) is 5.10 Å². The number of rotatable bonds is 6. The molecule has 3 aromatic carbocycles. The Labute approximate surface area is 230 Å². The largest absolute Gasteiger partial charge is 0.371 e. The van der Waals surface area contributed by atoms with Gasteiger partial charge in [0.25, 0.3) is 11.8 Å². The maximum absolute atomic E-state index is 13.4. The van der Waals surface area contributed by atoms with Crippen LogP contribution in [0.25, 0.3) is 16.6 Å². The number of piperidine rings is 1. The Kier molecular flexibility index (Phi) is 6.93. The fourth-order valence-electron chi connectivity index (χ4n) is 4.84. The number of hydrogen-bond acceptors (Lipinski definition) is 5. The second-order valence-electron chi connectivity index (χ2n) is 9.73. The molecule has 3 heterocycles. The molecule has 0 aliphatic carbocycles. The van der Waals surface area contributed by atoms with Crippen LogP contribution >= 0.6 is 0 Å². The Hall–Kier alpha value is -5.05. The second-order valence-corrected chi connectivity index (χ2v) is 9.73. The van der Waals surface area contributed by atoms with Crippen molar-refractivity contribution in [3.63, 3.8) is 0 Å². The van der Waals surface area contributed by atoms with E-state index in [1.807, 2.05) is 54.6 Å². The first-order valence-corrected chi connectivity index (χ1v) is 13.1. The van der Waals surface area contributed by atoms with E-state index < -0.39 is 6.17 Å². The van der Waals surface area contributed by atoms with E-state index in [1.165, 1.54) is 0 Å². The quantitative estimate of drug-likeness (QED) is 0.285. The van der Waals surface area contributed by atoms with Crippen molar-refractivity contribution in [2.75, 3.05) is 28.6 Å². The number of carbonyl (C=O) groups excluding carboxylic acids is 2. The Bertz CT molecular complexity index is 1640. The van der Waals surface area contributed by atoms with Gasteiger partial charge in [-0.25, -0.2) is 9.07 Å². The second kappa shape index (κ2) is 11.0. The summed E-state index contributed by atoms with van der Waals surface area (Å²) in [5.41, 5.74) is 5.15. The fourth-order valence-corrected chi connectivity index (χ4v) is 4.84. The van der Waals surface area contributed by atoms with Crippen LogP contribution in [0.3, 0.4) is 0 Å². The molecule has 1 aliphatic rings. The maximum Gasteiger partial charge on any atom is 0.255 e. The number of benzene rings is 3. The lowest BCUT2D eigenvalue weighted by Crippen LogP contribution is -2.34. The number of hydrogen-bond donors (Lipinski definition) is 2. The molecular formula is C31H27FN6O2. The van der Waals surface area contributed by atoms with Gasteiger partial charge >= 0.3 is 0 Å². The molecule has 1 saturated heterocycles. The van der Waals surface area contributed by atoms with E-state index in [0.717, 1.165) is 22.3 Å². The predicted molar refractivity (Wildman–Crippen MR) is 154 cm³/mol. The Balaban J connectivity index is 1.11. The normalized spacial score (nSPS) is 13.8. The van der Waals surface area contributed by atoms with E-state index in [1.54, 1.807) is 47.5 Å². The van der Waals surface area contributed by atoms with Crippen LogP contribution in [-0.4, -0.2) is 45.8 Å². The first-order chi connectivity index (χ1) is 19.5. The van der Waals surface area contributed by atoms with Crippen molar-refractivity contribution >= 4 is 39.8 Å². The van der Waals surface area contributed by atoms with Crippen molar-refractivity contribution in [1.82, 2.24) is 14.8 Å². The minimum absolute atomic E-state index is 0.204. The molecule has 6 rings (SSSR count). The standard InChI is InChI=1S/C31H27FN6O2/c32-24-13-17-37(18-14-24)27-6-1-21(2-7-27)30(39)36-26-5-10-29-23(19-26)20-34-38(29)28-8-3-25(4-9-28)35-31(40)22-11-15-33-16-12-22/h1-12,15-16,19-20,24H,13-14,17-18H2,(H,35,40)(H,36,39). The number of halogens is 1. The van der Waals surface area contributed by atoms with Gasteiger partial charge < -0.3 is 15.5 Å². The SMILES string of the molecule is O=C(Nc1ccc(-n2ncc3cc(NC(=O)c4ccc(N5CCC(F)CC5)cc4)ccc32)cc1)c1ccncc1. The molecule has 0 unspecified atom stereocenters. The Morgan fingerprint density at radius 3 is 2.05 bits per heavy atom. The van der Waals surface area contributed by atoms with Crippen molar-refractivity contribution in [2.24, 2.45) is 0 Å². The summed E-state index contributed by atoms with van der Waals surface area (Å²) in [7, 11) is 0. The van der Waals surface area contributed by atoms with Crippen LogP contribution in [0, 0.1) is 0 Å². The van der Waals surface area contributed by atoms with Crippen molar-refractivity contribution in [3.05, 3.63) is 109 Å². The lowest BCUT2D eigenvalue weighted by molar-refractivity contribution is 0.101. The third-order valence-electron chi connectivity index (χ3n) is 7.06. The lowest BCUT2D eigenvalue weighted by atomic mass is 10.1. The summed E-state index contributed by atoms with van der Waals surface area (Å²) in [5.74, 6) is -0.409. The third-order valence-corrected chi connectivity index (χ3v) is 7.06. The van der Waals surface area contributed by atoms with E-state index in [4.69, 9.17) is 0 Å². The highest BCUT2D eigenvalue weighted by molar-refractivity contribution is 6.05. The summed E-state index contributed by atoms with van der Waals surface area (Å²) in [6.07, 6.45) is 5.27. The first-order valence-electron chi connectivity index (χ1n) is 13.1. The number of fused-ring (bicyclic) bond motifs is 1. The monoisotopic (exact) mass is 534 g/mol. The van der Waals surface area contributed by atoms with E-state index in [0.29, 0.717) is 48.4 Å². The lowest BCUT2D eigenvalue weighted by Gasteiger charge is -2.30. The predicted octanol–water partition coefficient (Wildman–Crippen LogP) is 5.86. The van der Waals surface area contributed by atoms with Crippen LogP contribution in [0.4, 0.5) is 21.5 Å². The van der Waals surface area contributed by atoms with Gasteiger partial charge in [0.1, 0.15) is 6.17 Å². The Morgan fingerprint density at radius 1 is 0.750 bits per heavy atom. The molecule has 1 fully saturated rings. The van der Waals surface area contributed by atoms with Crippen molar-refractivity contribution < 1.29 is 14.0 Å². The van der Waals surface area contributed by atoms with Crippen LogP contribution in [-0.2, 0) is 0 Å². The third kappa shape index (κ3) is 5.40. The van der Waals surface area contributed by atoms with Gasteiger partial charge in [-0.3, -0.25) is 14.6 Å². The number of pyridine rings is 1. The number of amides is 2. The summed E-state index contributed by atoms with van der Waals surface area (Å²) >= 11 is 0. The highest BCUT2D eigenvalue weighted by atomic mass is 19.1. The molecule has 2 N–H and O–H groups in total. The molecule has 2 amide bonds. The maximum atomic E-state index is 13.4. The molecule has 0 spiro atoms. The number of aromatic nitrogens is 3. The van der Waals surface area contributed by atoms with Gasteiger partial charge in [0.05, 0.1) is 17.4 Å².